The number of rotatable bonds is 4. The minimum atomic E-state index is -0.259. The molecule has 102 valence electrons. The van der Waals surface area contributed by atoms with Crippen molar-refractivity contribution in [3.8, 4) is 0 Å². The molecule has 0 radical (unpaired) electrons. The minimum Gasteiger partial charge on any atom is -0.331 e. The predicted molar refractivity (Wildman–Crippen MR) is 67.4 cm³/mol. The first-order valence-corrected chi connectivity index (χ1v) is 6.03. The molecule has 19 heavy (non-hydrogen) atoms. The van der Waals surface area contributed by atoms with Gasteiger partial charge in [0.15, 0.2) is 5.82 Å². The van der Waals surface area contributed by atoms with Crippen molar-refractivity contribution in [1.29, 1.82) is 0 Å². The summed E-state index contributed by atoms with van der Waals surface area (Å²) < 4.78 is 0. The molecular formula is C11H17N7O. The van der Waals surface area contributed by atoms with Gasteiger partial charge in [-0.05, 0) is 6.92 Å². The maximum Gasteiger partial charge on any atom is 0.293 e. The number of carbonyl (C=O) groups excluding carboxylic acids is 1. The number of aromatic nitrogens is 6. The molecule has 1 amide bonds. The fourth-order valence-corrected chi connectivity index (χ4v) is 1.54. The molecule has 2 aromatic heterocycles. The Kier molecular flexibility index (Phi) is 3.59. The van der Waals surface area contributed by atoms with Crippen LogP contribution in [0.3, 0.4) is 0 Å². The maximum atomic E-state index is 12.1. The molecular weight excluding hydrogens is 246 g/mol. The van der Waals surface area contributed by atoms with Crippen molar-refractivity contribution < 1.29 is 4.79 Å². The van der Waals surface area contributed by atoms with Crippen LogP contribution in [0, 0.1) is 6.92 Å². The van der Waals surface area contributed by atoms with Gasteiger partial charge in [-0.2, -0.15) is 5.10 Å². The van der Waals surface area contributed by atoms with Crippen LogP contribution in [0.1, 0.15) is 47.9 Å². The summed E-state index contributed by atoms with van der Waals surface area (Å²) >= 11 is 0. The molecule has 0 aromatic carbocycles. The van der Waals surface area contributed by atoms with Crippen LogP contribution in [0.2, 0.25) is 0 Å². The van der Waals surface area contributed by atoms with Gasteiger partial charge in [0.1, 0.15) is 11.6 Å². The number of H-pyrrole nitrogens is 2. The Morgan fingerprint density at radius 1 is 1.26 bits per heavy atom. The van der Waals surface area contributed by atoms with Gasteiger partial charge in [-0.15, -0.1) is 5.10 Å². The Bertz CT molecular complexity index is 571. The monoisotopic (exact) mass is 263 g/mol. The van der Waals surface area contributed by atoms with Crippen LogP contribution in [-0.2, 0) is 6.54 Å². The van der Waals surface area contributed by atoms with Crippen molar-refractivity contribution >= 4 is 5.91 Å². The molecule has 0 spiro atoms. The smallest absolute Gasteiger partial charge is 0.293 e. The van der Waals surface area contributed by atoms with E-state index < -0.39 is 0 Å². The molecule has 8 nitrogen and oxygen atoms in total. The molecule has 0 bridgehead atoms. The summed E-state index contributed by atoms with van der Waals surface area (Å²) in [4.78, 5) is 21.9. The SMILES string of the molecule is Cc1nc(CN(C)C(=O)c2n[nH]c(C(C)C)n2)n[nH]1. The summed E-state index contributed by atoms with van der Waals surface area (Å²) in [5, 5.41) is 13.4. The van der Waals surface area contributed by atoms with Crippen LogP contribution in [0.15, 0.2) is 0 Å². The number of hydrogen-bond acceptors (Lipinski definition) is 5. The van der Waals surface area contributed by atoms with Crippen LogP contribution >= 0.6 is 0 Å². The zero-order chi connectivity index (χ0) is 14.0. The Balaban J connectivity index is 2.05. The summed E-state index contributed by atoms with van der Waals surface area (Å²) in [7, 11) is 1.67. The van der Waals surface area contributed by atoms with Gasteiger partial charge in [-0.25, -0.2) is 9.97 Å². The lowest BCUT2D eigenvalue weighted by molar-refractivity contribution is 0.0770. The molecule has 2 aromatic rings. The van der Waals surface area contributed by atoms with Crippen LogP contribution in [-0.4, -0.2) is 48.2 Å². The fraction of sp³-hybridized carbons (Fsp3) is 0.545. The molecule has 2 N–H and O–H groups in total. The quantitative estimate of drug-likeness (QED) is 0.841. The first-order chi connectivity index (χ1) is 8.97. The lowest BCUT2D eigenvalue weighted by Gasteiger charge is -2.12. The van der Waals surface area contributed by atoms with Crippen LogP contribution < -0.4 is 0 Å². The standard InChI is InChI=1S/C11H17N7O/c1-6(2)9-13-10(17-16-9)11(19)18(4)5-8-12-7(3)14-15-8/h6H,5H2,1-4H3,(H,12,14,15)(H,13,16,17). The van der Waals surface area contributed by atoms with Crippen molar-refractivity contribution in [3.63, 3.8) is 0 Å². The normalized spacial score (nSPS) is 11.0. The van der Waals surface area contributed by atoms with E-state index in [-0.39, 0.29) is 17.6 Å². The summed E-state index contributed by atoms with van der Waals surface area (Å²) in [6.07, 6.45) is 0. The lowest BCUT2D eigenvalue weighted by Crippen LogP contribution is -2.27. The highest BCUT2D eigenvalue weighted by Gasteiger charge is 2.19. The molecule has 0 atom stereocenters. The van der Waals surface area contributed by atoms with Gasteiger partial charge in [0.2, 0.25) is 5.82 Å². The van der Waals surface area contributed by atoms with Crippen LogP contribution in [0.25, 0.3) is 0 Å². The Hall–Kier alpha value is -2.25. The van der Waals surface area contributed by atoms with Crippen molar-refractivity contribution in [1.82, 2.24) is 35.3 Å². The molecule has 0 fully saturated rings. The maximum absolute atomic E-state index is 12.1. The van der Waals surface area contributed by atoms with Crippen molar-refractivity contribution in [2.45, 2.75) is 33.2 Å². The molecule has 0 aliphatic carbocycles. The van der Waals surface area contributed by atoms with E-state index in [0.29, 0.717) is 18.2 Å². The molecule has 0 aliphatic heterocycles. The molecule has 0 unspecified atom stereocenters. The number of aromatic amines is 2. The Morgan fingerprint density at radius 3 is 2.53 bits per heavy atom. The largest absolute Gasteiger partial charge is 0.331 e. The third-order valence-electron chi connectivity index (χ3n) is 2.61. The molecule has 0 saturated carbocycles. The third-order valence-corrected chi connectivity index (χ3v) is 2.61. The highest BCUT2D eigenvalue weighted by molar-refractivity contribution is 5.90. The lowest BCUT2D eigenvalue weighted by atomic mass is 10.2. The highest BCUT2D eigenvalue weighted by atomic mass is 16.2. The van der Waals surface area contributed by atoms with Gasteiger partial charge in [-0.3, -0.25) is 15.0 Å². The van der Waals surface area contributed by atoms with Gasteiger partial charge in [0.25, 0.3) is 5.91 Å². The number of nitrogens with one attached hydrogen (secondary N) is 2. The second-order valence-electron chi connectivity index (χ2n) is 4.70. The molecule has 0 saturated heterocycles. The number of hydrogen-bond donors (Lipinski definition) is 2. The van der Waals surface area contributed by atoms with Gasteiger partial charge >= 0.3 is 0 Å². The number of nitrogens with zero attached hydrogens (tertiary/aromatic N) is 5. The third kappa shape index (κ3) is 2.95. The van der Waals surface area contributed by atoms with Gasteiger partial charge in [-0.1, -0.05) is 13.8 Å². The summed E-state index contributed by atoms with van der Waals surface area (Å²) in [6.45, 7) is 6.08. The van der Waals surface area contributed by atoms with E-state index in [4.69, 9.17) is 0 Å². The molecule has 2 heterocycles. The van der Waals surface area contributed by atoms with E-state index in [1.165, 1.54) is 4.90 Å². The molecule has 2 rings (SSSR count). The molecule has 8 heteroatoms. The zero-order valence-corrected chi connectivity index (χ0v) is 11.4. The summed E-state index contributed by atoms with van der Waals surface area (Å²) in [5.41, 5.74) is 0. The van der Waals surface area contributed by atoms with E-state index in [2.05, 4.69) is 30.4 Å². The van der Waals surface area contributed by atoms with E-state index in [9.17, 15) is 4.79 Å². The van der Waals surface area contributed by atoms with Crippen LogP contribution in [0.4, 0.5) is 0 Å². The predicted octanol–water partition coefficient (Wildman–Crippen LogP) is 0.627. The van der Waals surface area contributed by atoms with Crippen molar-refractivity contribution in [2.24, 2.45) is 0 Å². The number of aryl methyl sites for hydroxylation is 1. The fourth-order valence-electron chi connectivity index (χ4n) is 1.54. The van der Waals surface area contributed by atoms with E-state index in [0.717, 1.165) is 5.82 Å². The first-order valence-electron chi connectivity index (χ1n) is 6.03. The van der Waals surface area contributed by atoms with E-state index in [1.807, 2.05) is 20.8 Å². The average molecular weight is 263 g/mol. The van der Waals surface area contributed by atoms with Crippen LogP contribution in [0.5, 0.6) is 0 Å². The average Bonchev–Trinajstić information content (AvgIpc) is 2.97. The van der Waals surface area contributed by atoms with E-state index >= 15 is 0 Å². The van der Waals surface area contributed by atoms with Crippen molar-refractivity contribution in [3.05, 3.63) is 23.3 Å². The second-order valence-corrected chi connectivity index (χ2v) is 4.70. The number of carbonyl (C=O) groups is 1. The van der Waals surface area contributed by atoms with E-state index in [1.54, 1.807) is 7.05 Å². The Labute approximate surface area is 110 Å². The first kappa shape index (κ1) is 13.2. The van der Waals surface area contributed by atoms with Gasteiger partial charge in [0.05, 0.1) is 6.54 Å². The van der Waals surface area contributed by atoms with Gasteiger partial charge in [0, 0.05) is 13.0 Å². The second kappa shape index (κ2) is 5.17. The highest BCUT2D eigenvalue weighted by Crippen LogP contribution is 2.09. The minimum absolute atomic E-state index is 0.165. The van der Waals surface area contributed by atoms with Gasteiger partial charge < -0.3 is 4.90 Å². The summed E-state index contributed by atoms with van der Waals surface area (Å²) in [6, 6.07) is 0. The summed E-state index contributed by atoms with van der Waals surface area (Å²) in [5.74, 6) is 2.09. The molecule has 0 aliphatic rings. The Morgan fingerprint density at radius 2 is 2.00 bits per heavy atom. The zero-order valence-electron chi connectivity index (χ0n) is 11.4. The number of amides is 1. The van der Waals surface area contributed by atoms with Crippen molar-refractivity contribution in [2.75, 3.05) is 7.05 Å². The topological polar surface area (TPSA) is 103 Å².